The highest BCUT2D eigenvalue weighted by Crippen LogP contribution is 2.21. The van der Waals surface area contributed by atoms with Gasteiger partial charge in [-0.3, -0.25) is 4.79 Å². The lowest BCUT2D eigenvalue weighted by atomic mass is 10.1. The van der Waals surface area contributed by atoms with Crippen LogP contribution in [-0.2, 0) is 0 Å². The standard InChI is InChI=1S/C14H9BrF3NO/c1-7-2-3-9(6-10(7)16)19-14(20)13-11(17)4-8(15)5-12(13)18/h2-6H,1H3,(H,19,20). The Hall–Kier alpha value is -1.82. The Kier molecular flexibility index (Phi) is 4.13. The zero-order valence-electron chi connectivity index (χ0n) is 10.3. The summed E-state index contributed by atoms with van der Waals surface area (Å²) in [7, 11) is 0. The van der Waals surface area contributed by atoms with Gasteiger partial charge in [-0.1, -0.05) is 22.0 Å². The van der Waals surface area contributed by atoms with Crippen LogP contribution in [0.5, 0.6) is 0 Å². The van der Waals surface area contributed by atoms with Gasteiger partial charge in [0.1, 0.15) is 23.0 Å². The van der Waals surface area contributed by atoms with Crippen LogP contribution in [-0.4, -0.2) is 5.91 Å². The third kappa shape index (κ3) is 3.01. The van der Waals surface area contributed by atoms with E-state index in [1.165, 1.54) is 12.1 Å². The lowest BCUT2D eigenvalue weighted by Crippen LogP contribution is -2.16. The van der Waals surface area contributed by atoms with Crippen LogP contribution < -0.4 is 5.32 Å². The molecule has 0 saturated heterocycles. The minimum Gasteiger partial charge on any atom is -0.322 e. The van der Waals surface area contributed by atoms with E-state index in [-0.39, 0.29) is 10.2 Å². The van der Waals surface area contributed by atoms with Crippen molar-refractivity contribution in [3.63, 3.8) is 0 Å². The summed E-state index contributed by atoms with van der Waals surface area (Å²) in [4.78, 5) is 11.8. The summed E-state index contributed by atoms with van der Waals surface area (Å²) in [6, 6.07) is 5.95. The van der Waals surface area contributed by atoms with Crippen LogP contribution in [0.4, 0.5) is 18.9 Å². The third-order valence-electron chi connectivity index (χ3n) is 2.66. The van der Waals surface area contributed by atoms with Gasteiger partial charge in [0.15, 0.2) is 0 Å². The molecule has 0 aliphatic heterocycles. The molecule has 104 valence electrons. The highest BCUT2D eigenvalue weighted by atomic mass is 79.9. The normalized spacial score (nSPS) is 10.4. The molecule has 2 aromatic carbocycles. The quantitative estimate of drug-likeness (QED) is 0.858. The molecule has 0 bridgehead atoms. The fourth-order valence-corrected chi connectivity index (χ4v) is 2.03. The van der Waals surface area contributed by atoms with E-state index in [0.717, 1.165) is 18.2 Å². The lowest BCUT2D eigenvalue weighted by molar-refractivity contribution is 0.101. The second-order valence-corrected chi connectivity index (χ2v) is 5.08. The molecule has 6 heteroatoms. The number of rotatable bonds is 2. The molecular weight excluding hydrogens is 335 g/mol. The van der Waals surface area contributed by atoms with E-state index in [4.69, 9.17) is 0 Å². The molecule has 0 aromatic heterocycles. The maximum absolute atomic E-state index is 13.6. The Morgan fingerprint density at radius 3 is 2.20 bits per heavy atom. The van der Waals surface area contributed by atoms with Crippen LogP contribution in [0.15, 0.2) is 34.8 Å². The van der Waals surface area contributed by atoms with Gasteiger partial charge in [-0.15, -0.1) is 0 Å². The molecule has 0 aliphatic carbocycles. The fourth-order valence-electron chi connectivity index (χ4n) is 1.62. The molecule has 0 fully saturated rings. The molecule has 1 amide bonds. The Labute approximate surface area is 121 Å². The zero-order valence-corrected chi connectivity index (χ0v) is 11.9. The lowest BCUT2D eigenvalue weighted by Gasteiger charge is -2.08. The largest absolute Gasteiger partial charge is 0.322 e. The number of amides is 1. The number of aryl methyl sites for hydroxylation is 1. The summed E-state index contributed by atoms with van der Waals surface area (Å²) in [5, 5.41) is 2.25. The van der Waals surface area contributed by atoms with Gasteiger partial charge in [0.2, 0.25) is 0 Å². The van der Waals surface area contributed by atoms with Crippen molar-refractivity contribution in [2.45, 2.75) is 6.92 Å². The number of carbonyl (C=O) groups is 1. The number of hydrogen-bond acceptors (Lipinski definition) is 1. The van der Waals surface area contributed by atoms with Gasteiger partial charge in [0.25, 0.3) is 5.91 Å². The van der Waals surface area contributed by atoms with Gasteiger partial charge < -0.3 is 5.32 Å². The van der Waals surface area contributed by atoms with Crippen molar-refractivity contribution in [2.75, 3.05) is 5.32 Å². The molecule has 0 atom stereocenters. The Bertz CT molecular complexity index is 665. The SMILES string of the molecule is Cc1ccc(NC(=O)c2c(F)cc(Br)cc2F)cc1F. The molecule has 1 N–H and O–H groups in total. The van der Waals surface area contributed by atoms with Gasteiger partial charge in [-0.05, 0) is 36.8 Å². The first-order valence-electron chi connectivity index (χ1n) is 5.60. The summed E-state index contributed by atoms with van der Waals surface area (Å²) < 4.78 is 40.7. The van der Waals surface area contributed by atoms with Crippen molar-refractivity contribution in [3.8, 4) is 0 Å². The van der Waals surface area contributed by atoms with Crippen molar-refractivity contribution in [3.05, 3.63) is 63.4 Å². The van der Waals surface area contributed by atoms with E-state index in [9.17, 15) is 18.0 Å². The van der Waals surface area contributed by atoms with Crippen molar-refractivity contribution in [1.82, 2.24) is 0 Å². The van der Waals surface area contributed by atoms with Crippen LogP contribution in [0.1, 0.15) is 15.9 Å². The second-order valence-electron chi connectivity index (χ2n) is 4.16. The molecule has 0 saturated carbocycles. The van der Waals surface area contributed by atoms with E-state index in [1.54, 1.807) is 6.92 Å². The molecule has 0 aliphatic rings. The van der Waals surface area contributed by atoms with E-state index in [0.29, 0.717) is 5.56 Å². The summed E-state index contributed by atoms with van der Waals surface area (Å²) in [5.74, 6) is -3.49. The molecule has 0 unspecified atom stereocenters. The number of carbonyl (C=O) groups excluding carboxylic acids is 1. The first-order chi connectivity index (χ1) is 9.38. The minimum absolute atomic E-state index is 0.125. The van der Waals surface area contributed by atoms with Crippen molar-refractivity contribution >= 4 is 27.5 Å². The highest BCUT2D eigenvalue weighted by molar-refractivity contribution is 9.10. The van der Waals surface area contributed by atoms with Crippen molar-refractivity contribution in [2.24, 2.45) is 0 Å². The number of anilines is 1. The zero-order chi connectivity index (χ0) is 14.9. The number of nitrogens with one attached hydrogen (secondary N) is 1. The molecule has 20 heavy (non-hydrogen) atoms. The summed E-state index contributed by atoms with van der Waals surface area (Å²) >= 11 is 2.92. The number of benzene rings is 2. The monoisotopic (exact) mass is 343 g/mol. The fraction of sp³-hybridized carbons (Fsp3) is 0.0714. The predicted octanol–water partition coefficient (Wildman–Crippen LogP) is 4.43. The Morgan fingerprint density at radius 2 is 1.65 bits per heavy atom. The maximum atomic E-state index is 13.6. The third-order valence-corrected chi connectivity index (χ3v) is 3.12. The van der Waals surface area contributed by atoms with Crippen LogP contribution in [0.25, 0.3) is 0 Å². The smallest absolute Gasteiger partial charge is 0.261 e. The summed E-state index contributed by atoms with van der Waals surface area (Å²) in [6.07, 6.45) is 0. The molecular formula is C14H9BrF3NO. The molecule has 0 radical (unpaired) electrons. The Balaban J connectivity index is 2.31. The van der Waals surface area contributed by atoms with E-state index < -0.39 is 28.9 Å². The predicted molar refractivity (Wildman–Crippen MR) is 73.1 cm³/mol. The minimum atomic E-state index is -0.998. The molecule has 2 nitrogen and oxygen atoms in total. The van der Waals surface area contributed by atoms with Gasteiger partial charge >= 0.3 is 0 Å². The van der Waals surface area contributed by atoms with Crippen LogP contribution in [0, 0.1) is 24.4 Å². The van der Waals surface area contributed by atoms with Crippen LogP contribution >= 0.6 is 15.9 Å². The van der Waals surface area contributed by atoms with Gasteiger partial charge in [-0.25, -0.2) is 13.2 Å². The van der Waals surface area contributed by atoms with Crippen LogP contribution in [0.2, 0.25) is 0 Å². The first kappa shape index (κ1) is 14.6. The topological polar surface area (TPSA) is 29.1 Å². The van der Waals surface area contributed by atoms with Crippen molar-refractivity contribution in [1.29, 1.82) is 0 Å². The molecule has 2 rings (SSSR count). The average molecular weight is 344 g/mol. The maximum Gasteiger partial charge on any atom is 0.261 e. The Morgan fingerprint density at radius 1 is 1.05 bits per heavy atom. The molecule has 0 spiro atoms. The van der Waals surface area contributed by atoms with E-state index in [1.807, 2.05) is 0 Å². The van der Waals surface area contributed by atoms with Crippen LogP contribution in [0.3, 0.4) is 0 Å². The number of hydrogen-bond donors (Lipinski definition) is 1. The summed E-state index contributed by atoms with van der Waals surface area (Å²) in [5.41, 5.74) is -0.182. The summed E-state index contributed by atoms with van der Waals surface area (Å²) in [6.45, 7) is 1.56. The average Bonchev–Trinajstić information content (AvgIpc) is 2.32. The molecule has 2 aromatic rings. The molecule has 0 heterocycles. The van der Waals surface area contributed by atoms with E-state index >= 15 is 0 Å². The highest BCUT2D eigenvalue weighted by Gasteiger charge is 2.18. The second kappa shape index (κ2) is 5.66. The first-order valence-corrected chi connectivity index (χ1v) is 6.40. The van der Waals surface area contributed by atoms with Gasteiger partial charge in [0.05, 0.1) is 0 Å². The van der Waals surface area contributed by atoms with Gasteiger partial charge in [-0.2, -0.15) is 0 Å². The number of halogens is 4. The van der Waals surface area contributed by atoms with E-state index in [2.05, 4.69) is 21.2 Å². The van der Waals surface area contributed by atoms with Crippen molar-refractivity contribution < 1.29 is 18.0 Å². The van der Waals surface area contributed by atoms with Gasteiger partial charge in [0, 0.05) is 10.2 Å².